The van der Waals surface area contributed by atoms with Gasteiger partial charge >= 0.3 is 0 Å². The van der Waals surface area contributed by atoms with Gasteiger partial charge in [0.05, 0.1) is 0 Å². The zero-order chi connectivity index (χ0) is 6.85. The summed E-state index contributed by atoms with van der Waals surface area (Å²) in [5.41, 5.74) is 5.57. The Balaban J connectivity index is 2.26. The van der Waals surface area contributed by atoms with Gasteiger partial charge in [-0.3, -0.25) is 0 Å². The Morgan fingerprint density at radius 3 is 1.56 bits per heavy atom. The molecule has 54 valence electrons. The van der Waals surface area contributed by atoms with Gasteiger partial charge in [-0.2, -0.15) is 0 Å². The van der Waals surface area contributed by atoms with Crippen LogP contribution in [0.15, 0.2) is 0 Å². The third-order valence-corrected chi connectivity index (χ3v) is 2.72. The minimum absolute atomic E-state index is 0.875. The Labute approximate surface area is 57.6 Å². The molecule has 1 heteroatoms. The average molecular weight is 127 g/mol. The Morgan fingerprint density at radius 1 is 1.00 bits per heavy atom. The Bertz CT molecular complexity index is 65.5. The standard InChI is InChI=1S/C8H17N/c1-3-6-7(4-2)8(6)5-9/h6-8H,3-5,9H2,1-2H3. The maximum atomic E-state index is 5.57. The fourth-order valence-corrected chi connectivity index (χ4v) is 2.08. The highest BCUT2D eigenvalue weighted by Gasteiger charge is 2.45. The second-order valence-electron chi connectivity index (χ2n) is 3.04. The molecule has 2 N–H and O–H groups in total. The predicted octanol–water partition coefficient (Wildman–Crippen LogP) is 1.63. The highest BCUT2D eigenvalue weighted by atomic mass is 14.6. The first kappa shape index (κ1) is 7.07. The van der Waals surface area contributed by atoms with Crippen molar-refractivity contribution in [2.75, 3.05) is 6.54 Å². The van der Waals surface area contributed by atoms with E-state index in [1.165, 1.54) is 12.8 Å². The molecule has 0 aliphatic heterocycles. The topological polar surface area (TPSA) is 26.0 Å². The molecule has 1 aliphatic rings. The molecule has 0 aromatic carbocycles. The molecule has 0 heterocycles. The average Bonchev–Trinajstić information content (AvgIpc) is 2.59. The first-order chi connectivity index (χ1) is 4.35. The predicted molar refractivity (Wildman–Crippen MR) is 40.1 cm³/mol. The largest absolute Gasteiger partial charge is 0.330 e. The van der Waals surface area contributed by atoms with E-state index in [-0.39, 0.29) is 0 Å². The van der Waals surface area contributed by atoms with Crippen LogP contribution in [-0.4, -0.2) is 6.54 Å². The van der Waals surface area contributed by atoms with Crippen LogP contribution in [0.25, 0.3) is 0 Å². The zero-order valence-electron chi connectivity index (χ0n) is 6.43. The van der Waals surface area contributed by atoms with E-state index in [0.29, 0.717) is 0 Å². The molecule has 0 aromatic heterocycles. The van der Waals surface area contributed by atoms with E-state index in [4.69, 9.17) is 5.73 Å². The van der Waals surface area contributed by atoms with Crippen LogP contribution in [-0.2, 0) is 0 Å². The fourth-order valence-electron chi connectivity index (χ4n) is 2.08. The Kier molecular flexibility index (Phi) is 2.12. The summed E-state index contributed by atoms with van der Waals surface area (Å²) in [6.07, 6.45) is 2.67. The first-order valence-corrected chi connectivity index (χ1v) is 4.05. The summed E-state index contributed by atoms with van der Waals surface area (Å²) in [7, 11) is 0. The van der Waals surface area contributed by atoms with Crippen molar-refractivity contribution in [3.05, 3.63) is 0 Å². The van der Waals surface area contributed by atoms with Crippen molar-refractivity contribution in [2.45, 2.75) is 26.7 Å². The molecule has 0 spiro atoms. The van der Waals surface area contributed by atoms with E-state index < -0.39 is 0 Å². The smallest absolute Gasteiger partial charge is 0.00434 e. The lowest BCUT2D eigenvalue weighted by Crippen LogP contribution is -2.03. The lowest BCUT2D eigenvalue weighted by Gasteiger charge is -1.85. The van der Waals surface area contributed by atoms with E-state index in [1.54, 1.807) is 0 Å². The quantitative estimate of drug-likeness (QED) is 0.612. The molecule has 1 saturated carbocycles. The molecule has 0 saturated heterocycles. The number of nitrogens with two attached hydrogens (primary N) is 1. The summed E-state index contributed by atoms with van der Waals surface area (Å²) >= 11 is 0. The van der Waals surface area contributed by atoms with Crippen LogP contribution >= 0.6 is 0 Å². The molecule has 0 amide bonds. The van der Waals surface area contributed by atoms with Crippen molar-refractivity contribution in [1.29, 1.82) is 0 Å². The Morgan fingerprint density at radius 2 is 1.44 bits per heavy atom. The SMILES string of the molecule is CCC1C(CC)C1CN. The molecule has 9 heavy (non-hydrogen) atoms. The molecule has 1 aliphatic carbocycles. The lowest BCUT2D eigenvalue weighted by atomic mass is 10.2. The third-order valence-electron chi connectivity index (χ3n) is 2.72. The van der Waals surface area contributed by atoms with Crippen LogP contribution in [0.5, 0.6) is 0 Å². The molecule has 0 aromatic rings. The molecule has 0 radical (unpaired) electrons. The lowest BCUT2D eigenvalue weighted by molar-refractivity contribution is 0.663. The summed E-state index contributed by atoms with van der Waals surface area (Å²) in [5.74, 6) is 2.82. The number of hydrogen-bond donors (Lipinski definition) is 1. The van der Waals surface area contributed by atoms with E-state index in [2.05, 4.69) is 13.8 Å². The van der Waals surface area contributed by atoms with Crippen LogP contribution in [0.3, 0.4) is 0 Å². The molecular weight excluding hydrogens is 110 g/mol. The van der Waals surface area contributed by atoms with Gasteiger partial charge in [0.25, 0.3) is 0 Å². The summed E-state index contributed by atoms with van der Waals surface area (Å²) in [6.45, 7) is 5.45. The van der Waals surface area contributed by atoms with E-state index >= 15 is 0 Å². The molecule has 2 unspecified atom stereocenters. The summed E-state index contributed by atoms with van der Waals surface area (Å²) in [4.78, 5) is 0. The van der Waals surface area contributed by atoms with Crippen molar-refractivity contribution in [3.8, 4) is 0 Å². The molecule has 1 rings (SSSR count). The molecule has 1 fully saturated rings. The van der Waals surface area contributed by atoms with Crippen molar-refractivity contribution in [3.63, 3.8) is 0 Å². The maximum Gasteiger partial charge on any atom is -0.00434 e. The molecular formula is C8H17N. The Hall–Kier alpha value is -0.0400. The van der Waals surface area contributed by atoms with Gasteiger partial charge in [-0.05, 0) is 24.3 Å². The maximum absolute atomic E-state index is 5.57. The van der Waals surface area contributed by atoms with Crippen molar-refractivity contribution < 1.29 is 0 Å². The van der Waals surface area contributed by atoms with Crippen LogP contribution in [0, 0.1) is 17.8 Å². The van der Waals surface area contributed by atoms with E-state index in [9.17, 15) is 0 Å². The van der Waals surface area contributed by atoms with Crippen molar-refractivity contribution >= 4 is 0 Å². The van der Waals surface area contributed by atoms with Gasteiger partial charge in [-0.1, -0.05) is 26.7 Å². The van der Waals surface area contributed by atoms with Crippen LogP contribution in [0.2, 0.25) is 0 Å². The monoisotopic (exact) mass is 127 g/mol. The third kappa shape index (κ3) is 1.11. The highest BCUT2D eigenvalue weighted by Crippen LogP contribution is 2.49. The minimum atomic E-state index is 0.875. The van der Waals surface area contributed by atoms with Gasteiger partial charge in [0, 0.05) is 0 Å². The van der Waals surface area contributed by atoms with Crippen LogP contribution in [0.4, 0.5) is 0 Å². The second kappa shape index (κ2) is 2.70. The molecule has 0 bridgehead atoms. The molecule has 1 nitrogen and oxygen atoms in total. The van der Waals surface area contributed by atoms with Crippen LogP contribution in [0.1, 0.15) is 26.7 Å². The van der Waals surface area contributed by atoms with Crippen molar-refractivity contribution in [2.24, 2.45) is 23.5 Å². The van der Waals surface area contributed by atoms with Gasteiger partial charge in [0.1, 0.15) is 0 Å². The first-order valence-electron chi connectivity index (χ1n) is 4.05. The van der Waals surface area contributed by atoms with Gasteiger partial charge < -0.3 is 5.73 Å². The zero-order valence-corrected chi connectivity index (χ0v) is 6.43. The summed E-state index contributed by atoms with van der Waals surface area (Å²) in [5, 5.41) is 0. The van der Waals surface area contributed by atoms with Gasteiger partial charge in [0.2, 0.25) is 0 Å². The summed E-state index contributed by atoms with van der Waals surface area (Å²) < 4.78 is 0. The second-order valence-corrected chi connectivity index (χ2v) is 3.04. The van der Waals surface area contributed by atoms with Crippen LogP contribution < -0.4 is 5.73 Å². The van der Waals surface area contributed by atoms with Crippen molar-refractivity contribution in [1.82, 2.24) is 0 Å². The van der Waals surface area contributed by atoms with Gasteiger partial charge in [0.15, 0.2) is 0 Å². The fraction of sp³-hybridized carbons (Fsp3) is 1.00. The summed E-state index contributed by atoms with van der Waals surface area (Å²) in [6, 6.07) is 0. The van der Waals surface area contributed by atoms with Gasteiger partial charge in [-0.15, -0.1) is 0 Å². The van der Waals surface area contributed by atoms with Gasteiger partial charge in [-0.25, -0.2) is 0 Å². The normalized spacial score (nSPS) is 41.0. The number of hydrogen-bond acceptors (Lipinski definition) is 1. The number of rotatable bonds is 3. The van der Waals surface area contributed by atoms with E-state index in [0.717, 1.165) is 24.3 Å². The van der Waals surface area contributed by atoms with E-state index in [1.807, 2.05) is 0 Å². The molecule has 2 atom stereocenters. The highest BCUT2D eigenvalue weighted by molar-refractivity contribution is 4.95. The minimum Gasteiger partial charge on any atom is -0.330 e.